The minimum Gasteiger partial charge on any atom is -0.445 e. The summed E-state index contributed by atoms with van der Waals surface area (Å²) in [4.78, 5) is 26.8. The maximum atomic E-state index is 12.9. The zero-order valence-corrected chi connectivity index (χ0v) is 15.4. The predicted octanol–water partition coefficient (Wildman–Crippen LogP) is 2.60. The van der Waals surface area contributed by atoms with Crippen LogP contribution in [0.2, 0.25) is 5.28 Å². The fourth-order valence-corrected chi connectivity index (χ4v) is 2.60. The summed E-state index contributed by atoms with van der Waals surface area (Å²) in [5.74, 6) is -0.834. The standard InChI is InChI=1S/C16H18ClFN4O5/c1-16(24,10-21-7-13(22(25)26)19-14(21)17)9-20(2)15(23)27-8-11-3-5-12(18)6-4-11/h3-7,24H,8-10H2,1-2H3. The summed E-state index contributed by atoms with van der Waals surface area (Å²) in [6, 6.07) is 5.50. The topological polar surface area (TPSA) is 111 Å². The van der Waals surface area contributed by atoms with Crippen molar-refractivity contribution in [2.75, 3.05) is 13.6 Å². The van der Waals surface area contributed by atoms with Crippen molar-refractivity contribution in [2.45, 2.75) is 25.7 Å². The van der Waals surface area contributed by atoms with Crippen LogP contribution < -0.4 is 0 Å². The molecule has 1 unspecified atom stereocenters. The lowest BCUT2D eigenvalue weighted by atomic mass is 10.1. The molecule has 0 spiro atoms. The molecule has 11 heteroatoms. The van der Waals surface area contributed by atoms with E-state index in [-0.39, 0.29) is 25.0 Å². The van der Waals surface area contributed by atoms with Crippen LogP contribution in [0.4, 0.5) is 15.0 Å². The molecule has 146 valence electrons. The summed E-state index contributed by atoms with van der Waals surface area (Å²) >= 11 is 5.83. The first kappa shape index (κ1) is 20.6. The predicted molar refractivity (Wildman–Crippen MR) is 93.7 cm³/mol. The van der Waals surface area contributed by atoms with Crippen molar-refractivity contribution < 1.29 is 24.0 Å². The lowest BCUT2D eigenvalue weighted by Crippen LogP contribution is -2.44. The van der Waals surface area contributed by atoms with Crippen LogP contribution in [0.25, 0.3) is 0 Å². The largest absolute Gasteiger partial charge is 0.445 e. The number of carbonyl (C=O) groups is 1. The van der Waals surface area contributed by atoms with Gasteiger partial charge in [-0.2, -0.15) is 0 Å². The fraction of sp³-hybridized carbons (Fsp3) is 0.375. The molecule has 0 radical (unpaired) electrons. The molecule has 0 saturated heterocycles. The number of aromatic nitrogens is 2. The first-order valence-corrected chi connectivity index (χ1v) is 8.17. The van der Waals surface area contributed by atoms with Crippen molar-refractivity contribution in [3.05, 3.63) is 57.2 Å². The molecule has 0 saturated carbocycles. The Bertz CT molecular complexity index is 825. The van der Waals surface area contributed by atoms with Gasteiger partial charge in [-0.3, -0.25) is 4.57 Å². The summed E-state index contributed by atoms with van der Waals surface area (Å²) in [5.41, 5.74) is -0.843. The number of rotatable bonds is 7. The molecule has 1 amide bonds. The van der Waals surface area contributed by atoms with E-state index in [0.717, 1.165) is 11.1 Å². The van der Waals surface area contributed by atoms with Crippen molar-refractivity contribution >= 4 is 23.5 Å². The molecule has 0 fully saturated rings. The van der Waals surface area contributed by atoms with E-state index in [1.54, 1.807) is 0 Å². The van der Waals surface area contributed by atoms with Gasteiger partial charge in [0, 0.05) is 7.05 Å². The summed E-state index contributed by atoms with van der Waals surface area (Å²) in [6.45, 7) is 1.14. The Morgan fingerprint density at radius 3 is 2.67 bits per heavy atom. The number of nitrogens with zero attached hydrogens (tertiary/aromatic N) is 4. The van der Waals surface area contributed by atoms with Gasteiger partial charge in [-0.05, 0) is 46.1 Å². The Morgan fingerprint density at radius 1 is 1.48 bits per heavy atom. The molecule has 1 aromatic heterocycles. The zero-order chi connectivity index (χ0) is 20.2. The molecule has 2 rings (SSSR count). The number of nitro groups is 1. The minimum atomic E-state index is -1.46. The summed E-state index contributed by atoms with van der Waals surface area (Å²) in [5, 5.41) is 21.1. The highest BCUT2D eigenvalue weighted by Crippen LogP contribution is 2.19. The van der Waals surface area contributed by atoms with E-state index in [4.69, 9.17) is 16.3 Å². The number of halogens is 2. The lowest BCUT2D eigenvalue weighted by molar-refractivity contribution is -0.389. The smallest absolute Gasteiger partial charge is 0.409 e. The Labute approximate surface area is 159 Å². The molecule has 0 aliphatic rings. The second-order valence-electron chi connectivity index (χ2n) is 6.29. The number of aliphatic hydroxyl groups is 1. The number of imidazole rings is 1. The number of amides is 1. The molecule has 2 aromatic rings. The molecule has 1 heterocycles. The maximum absolute atomic E-state index is 12.9. The van der Waals surface area contributed by atoms with Crippen LogP contribution in [0.1, 0.15) is 12.5 Å². The summed E-state index contributed by atoms with van der Waals surface area (Å²) < 4.78 is 19.2. The molecular weight excluding hydrogens is 383 g/mol. The highest BCUT2D eigenvalue weighted by Gasteiger charge is 2.29. The molecular formula is C16H18ClFN4O5. The van der Waals surface area contributed by atoms with E-state index in [2.05, 4.69) is 4.98 Å². The van der Waals surface area contributed by atoms with Gasteiger partial charge in [0.25, 0.3) is 0 Å². The van der Waals surface area contributed by atoms with Crippen LogP contribution in [-0.2, 0) is 17.9 Å². The number of benzene rings is 1. The molecule has 0 bridgehead atoms. The van der Waals surface area contributed by atoms with Crippen LogP contribution >= 0.6 is 11.6 Å². The Balaban J connectivity index is 1.92. The highest BCUT2D eigenvalue weighted by molar-refractivity contribution is 6.28. The minimum absolute atomic E-state index is 0.0505. The molecule has 9 nitrogen and oxygen atoms in total. The molecule has 1 atom stereocenters. The average molecular weight is 401 g/mol. The van der Waals surface area contributed by atoms with Crippen molar-refractivity contribution in [3.8, 4) is 0 Å². The lowest BCUT2D eigenvalue weighted by Gasteiger charge is -2.28. The van der Waals surface area contributed by atoms with Gasteiger partial charge in [0.05, 0.1) is 18.7 Å². The second-order valence-corrected chi connectivity index (χ2v) is 6.63. The van der Waals surface area contributed by atoms with Gasteiger partial charge in [0.15, 0.2) is 0 Å². The Hall–Kier alpha value is -2.72. The zero-order valence-electron chi connectivity index (χ0n) is 14.6. The quantitative estimate of drug-likeness (QED) is 0.565. The summed E-state index contributed by atoms with van der Waals surface area (Å²) in [6.07, 6.45) is 0.409. The van der Waals surface area contributed by atoms with Gasteiger partial charge in [-0.15, -0.1) is 0 Å². The average Bonchev–Trinajstić information content (AvgIpc) is 2.94. The normalized spacial score (nSPS) is 13.1. The van der Waals surface area contributed by atoms with Gasteiger partial charge < -0.3 is 24.9 Å². The third-order valence-corrected chi connectivity index (χ3v) is 3.88. The van der Waals surface area contributed by atoms with E-state index in [0.29, 0.717) is 5.56 Å². The maximum Gasteiger partial charge on any atom is 0.409 e. The Morgan fingerprint density at radius 2 is 2.11 bits per heavy atom. The SMILES string of the molecule is CN(CC(C)(O)Cn1cc([N+](=O)[O-])nc1Cl)C(=O)OCc1ccc(F)cc1. The van der Waals surface area contributed by atoms with E-state index in [9.17, 15) is 24.4 Å². The van der Waals surface area contributed by atoms with Gasteiger partial charge >= 0.3 is 17.2 Å². The van der Waals surface area contributed by atoms with Gasteiger partial charge in [-0.1, -0.05) is 12.1 Å². The second kappa shape index (κ2) is 8.31. The van der Waals surface area contributed by atoms with Crippen LogP contribution in [0, 0.1) is 15.9 Å². The van der Waals surface area contributed by atoms with Gasteiger partial charge in [0.2, 0.25) is 0 Å². The van der Waals surface area contributed by atoms with Crippen LogP contribution in [0.15, 0.2) is 30.5 Å². The van der Waals surface area contributed by atoms with Crippen LogP contribution in [-0.4, -0.2) is 49.8 Å². The Kier molecular flexibility index (Phi) is 6.34. The first-order chi connectivity index (χ1) is 12.6. The van der Waals surface area contributed by atoms with E-state index >= 15 is 0 Å². The number of ether oxygens (including phenoxy) is 1. The molecule has 1 aromatic carbocycles. The third-order valence-electron chi connectivity index (χ3n) is 3.58. The summed E-state index contributed by atoms with van der Waals surface area (Å²) in [7, 11) is 1.43. The number of hydrogen-bond donors (Lipinski definition) is 1. The number of hydrogen-bond acceptors (Lipinski definition) is 6. The van der Waals surface area contributed by atoms with E-state index in [1.165, 1.54) is 42.8 Å². The van der Waals surface area contributed by atoms with E-state index in [1.807, 2.05) is 0 Å². The highest BCUT2D eigenvalue weighted by atomic mass is 35.5. The van der Waals surface area contributed by atoms with Gasteiger partial charge in [0.1, 0.15) is 18.6 Å². The number of likely N-dealkylation sites (N-methyl/N-ethyl adjacent to an activating group) is 1. The third kappa shape index (κ3) is 5.90. The monoisotopic (exact) mass is 400 g/mol. The molecule has 0 aliphatic heterocycles. The van der Waals surface area contributed by atoms with Gasteiger partial charge in [-0.25, -0.2) is 9.18 Å². The van der Waals surface area contributed by atoms with Crippen molar-refractivity contribution in [3.63, 3.8) is 0 Å². The van der Waals surface area contributed by atoms with Crippen LogP contribution in [0.5, 0.6) is 0 Å². The number of carbonyl (C=O) groups excluding carboxylic acids is 1. The first-order valence-electron chi connectivity index (χ1n) is 7.79. The molecule has 27 heavy (non-hydrogen) atoms. The molecule has 1 N–H and O–H groups in total. The van der Waals surface area contributed by atoms with E-state index < -0.39 is 28.3 Å². The molecule has 0 aliphatic carbocycles. The van der Waals surface area contributed by atoms with Crippen molar-refractivity contribution in [1.82, 2.24) is 14.5 Å². The fourth-order valence-electron chi connectivity index (χ4n) is 2.41. The van der Waals surface area contributed by atoms with Crippen molar-refractivity contribution in [2.24, 2.45) is 0 Å². The van der Waals surface area contributed by atoms with Crippen LogP contribution in [0.3, 0.4) is 0 Å². The van der Waals surface area contributed by atoms with Crippen molar-refractivity contribution in [1.29, 1.82) is 0 Å².